The predicted molar refractivity (Wildman–Crippen MR) is 109 cm³/mol. The second-order valence-corrected chi connectivity index (χ2v) is 8.83. The van der Waals surface area contributed by atoms with Gasteiger partial charge >= 0.3 is 5.97 Å². The lowest BCUT2D eigenvalue weighted by Gasteiger charge is -2.33. The fraction of sp³-hybridized carbons (Fsp3) is 0.810. The minimum Gasteiger partial charge on any atom is -0.480 e. The molecule has 0 spiro atoms. The second kappa shape index (κ2) is 10.7. The molecule has 0 aromatic heterocycles. The van der Waals surface area contributed by atoms with Gasteiger partial charge < -0.3 is 26.0 Å². The van der Waals surface area contributed by atoms with Crippen LogP contribution in [0.4, 0.5) is 0 Å². The minimum atomic E-state index is -1.16. The van der Waals surface area contributed by atoms with Gasteiger partial charge in [0, 0.05) is 32.0 Å². The smallest absolute Gasteiger partial charge is 0.328 e. The van der Waals surface area contributed by atoms with Crippen LogP contribution < -0.4 is 16.0 Å². The van der Waals surface area contributed by atoms with Gasteiger partial charge in [0.25, 0.3) is 0 Å². The molecule has 2 heterocycles. The summed E-state index contributed by atoms with van der Waals surface area (Å²) >= 11 is 0. The number of nitrogens with zero attached hydrogens (tertiary/aromatic N) is 1. The summed E-state index contributed by atoms with van der Waals surface area (Å²) in [6, 6.07) is -1.13. The Balaban J connectivity index is 1.41. The zero-order chi connectivity index (χ0) is 21.5. The lowest BCUT2D eigenvalue weighted by Crippen LogP contribution is -2.51. The molecular weight excluding hydrogens is 388 g/mol. The highest BCUT2D eigenvalue weighted by Gasteiger charge is 2.33. The molecule has 30 heavy (non-hydrogen) atoms. The summed E-state index contributed by atoms with van der Waals surface area (Å²) in [5.74, 6) is -1.41. The first-order valence-corrected chi connectivity index (χ1v) is 11.2. The SMILES string of the molecule is O=C(NC(CNC(=O)[C@@H]1CCCN(C(=O)CCC2CCNCC2)C1)C(=O)O)C1CC1. The Morgan fingerprint density at radius 3 is 2.40 bits per heavy atom. The highest BCUT2D eigenvalue weighted by atomic mass is 16.4. The molecule has 3 rings (SSSR count). The fourth-order valence-corrected chi connectivity index (χ4v) is 4.26. The monoisotopic (exact) mass is 422 g/mol. The molecule has 0 aromatic rings. The van der Waals surface area contributed by atoms with Crippen LogP contribution in [0.2, 0.25) is 0 Å². The number of piperidine rings is 2. The highest BCUT2D eigenvalue weighted by molar-refractivity contribution is 5.87. The van der Waals surface area contributed by atoms with Crippen molar-refractivity contribution in [3.63, 3.8) is 0 Å². The van der Waals surface area contributed by atoms with Crippen molar-refractivity contribution in [1.82, 2.24) is 20.9 Å². The zero-order valence-electron chi connectivity index (χ0n) is 17.5. The summed E-state index contributed by atoms with van der Waals surface area (Å²) in [5, 5.41) is 17.8. The van der Waals surface area contributed by atoms with Crippen LogP contribution in [0.3, 0.4) is 0 Å². The van der Waals surface area contributed by atoms with Gasteiger partial charge in [-0.05, 0) is 64.0 Å². The number of nitrogens with one attached hydrogen (secondary N) is 3. The van der Waals surface area contributed by atoms with Crippen molar-refractivity contribution in [2.45, 2.75) is 57.4 Å². The summed E-state index contributed by atoms with van der Waals surface area (Å²) in [5.41, 5.74) is 0. The Morgan fingerprint density at radius 1 is 1.00 bits per heavy atom. The van der Waals surface area contributed by atoms with E-state index in [1.807, 2.05) is 0 Å². The first-order chi connectivity index (χ1) is 14.4. The largest absolute Gasteiger partial charge is 0.480 e. The van der Waals surface area contributed by atoms with Crippen molar-refractivity contribution >= 4 is 23.7 Å². The van der Waals surface area contributed by atoms with E-state index < -0.39 is 12.0 Å². The van der Waals surface area contributed by atoms with Crippen LogP contribution in [0, 0.1) is 17.8 Å². The average molecular weight is 423 g/mol. The molecule has 9 nitrogen and oxygen atoms in total. The van der Waals surface area contributed by atoms with Gasteiger partial charge in [0.05, 0.1) is 5.92 Å². The quantitative estimate of drug-likeness (QED) is 0.417. The molecule has 1 unspecified atom stereocenters. The average Bonchev–Trinajstić information content (AvgIpc) is 3.60. The summed E-state index contributed by atoms with van der Waals surface area (Å²) in [6.45, 7) is 2.94. The van der Waals surface area contributed by atoms with Crippen LogP contribution in [0.25, 0.3) is 0 Å². The first-order valence-electron chi connectivity index (χ1n) is 11.2. The summed E-state index contributed by atoms with van der Waals surface area (Å²) in [7, 11) is 0. The van der Waals surface area contributed by atoms with Gasteiger partial charge in [-0.2, -0.15) is 0 Å². The molecule has 3 aliphatic rings. The molecule has 1 aliphatic carbocycles. The molecule has 2 atom stereocenters. The van der Waals surface area contributed by atoms with Crippen molar-refractivity contribution in [1.29, 1.82) is 0 Å². The molecule has 2 aliphatic heterocycles. The molecule has 3 fully saturated rings. The van der Waals surface area contributed by atoms with Crippen LogP contribution in [0.15, 0.2) is 0 Å². The number of aliphatic carboxylic acids is 1. The van der Waals surface area contributed by atoms with Gasteiger partial charge in [-0.1, -0.05) is 0 Å². The number of carboxylic acids is 1. The van der Waals surface area contributed by atoms with Crippen molar-refractivity contribution in [2.24, 2.45) is 17.8 Å². The van der Waals surface area contributed by atoms with E-state index in [4.69, 9.17) is 0 Å². The second-order valence-electron chi connectivity index (χ2n) is 8.83. The number of hydrogen-bond acceptors (Lipinski definition) is 5. The number of rotatable bonds is 9. The predicted octanol–water partition coefficient (Wildman–Crippen LogP) is 0.100. The van der Waals surface area contributed by atoms with Gasteiger partial charge in [-0.25, -0.2) is 4.79 Å². The van der Waals surface area contributed by atoms with Gasteiger partial charge in [0.15, 0.2) is 0 Å². The zero-order valence-corrected chi connectivity index (χ0v) is 17.5. The number of carbonyl (C=O) groups is 4. The van der Waals surface area contributed by atoms with Gasteiger partial charge in [-0.15, -0.1) is 0 Å². The fourth-order valence-electron chi connectivity index (χ4n) is 4.26. The molecule has 0 aromatic carbocycles. The third kappa shape index (κ3) is 6.68. The molecule has 2 saturated heterocycles. The third-order valence-corrected chi connectivity index (χ3v) is 6.41. The molecule has 168 valence electrons. The van der Waals surface area contributed by atoms with Crippen LogP contribution in [-0.2, 0) is 19.2 Å². The molecule has 3 amide bonds. The Bertz CT molecular complexity index is 645. The highest BCUT2D eigenvalue weighted by Crippen LogP contribution is 2.28. The number of carboxylic acid groups (broad SMARTS) is 1. The van der Waals surface area contributed by atoms with Crippen LogP contribution in [0.1, 0.15) is 51.4 Å². The van der Waals surface area contributed by atoms with E-state index in [9.17, 15) is 24.3 Å². The number of likely N-dealkylation sites (tertiary alicyclic amines) is 1. The van der Waals surface area contributed by atoms with Crippen LogP contribution in [-0.4, -0.2) is 72.5 Å². The molecule has 9 heteroatoms. The van der Waals surface area contributed by atoms with E-state index in [0.29, 0.717) is 31.8 Å². The van der Waals surface area contributed by atoms with E-state index in [1.54, 1.807) is 4.90 Å². The lowest BCUT2D eigenvalue weighted by atomic mass is 9.92. The minimum absolute atomic E-state index is 0.0923. The van der Waals surface area contributed by atoms with Crippen molar-refractivity contribution in [3.05, 3.63) is 0 Å². The van der Waals surface area contributed by atoms with Gasteiger partial charge in [-0.3, -0.25) is 14.4 Å². The van der Waals surface area contributed by atoms with Crippen molar-refractivity contribution in [2.75, 3.05) is 32.7 Å². The topological polar surface area (TPSA) is 128 Å². The summed E-state index contributed by atoms with van der Waals surface area (Å²) in [6.07, 6.45) is 6.65. The maximum atomic E-state index is 12.6. The van der Waals surface area contributed by atoms with Gasteiger partial charge in [0.2, 0.25) is 17.7 Å². The van der Waals surface area contributed by atoms with Crippen LogP contribution >= 0.6 is 0 Å². The van der Waals surface area contributed by atoms with E-state index in [-0.39, 0.29) is 36.1 Å². The number of carbonyl (C=O) groups excluding carboxylic acids is 3. The molecule has 1 saturated carbocycles. The third-order valence-electron chi connectivity index (χ3n) is 6.41. The number of hydrogen-bond donors (Lipinski definition) is 4. The summed E-state index contributed by atoms with van der Waals surface area (Å²) in [4.78, 5) is 50.2. The van der Waals surface area contributed by atoms with Crippen molar-refractivity contribution in [3.8, 4) is 0 Å². The standard InChI is InChI=1S/C21H34N4O5/c26-18(6-3-14-7-9-22-10-8-14)25-11-1-2-16(13-25)19(27)23-12-17(21(29)30)24-20(28)15-4-5-15/h14-17,22H,1-13H2,(H,23,27)(H,24,28)(H,29,30)/t16-,17?/m1/s1. The van der Waals surface area contributed by atoms with Gasteiger partial charge in [0.1, 0.15) is 6.04 Å². The Kier molecular flexibility index (Phi) is 8.07. The first kappa shape index (κ1) is 22.5. The Morgan fingerprint density at radius 2 is 1.73 bits per heavy atom. The van der Waals surface area contributed by atoms with E-state index in [0.717, 1.165) is 51.6 Å². The Labute approximate surface area is 177 Å². The Hall–Kier alpha value is -2.16. The van der Waals surface area contributed by atoms with Crippen molar-refractivity contribution < 1.29 is 24.3 Å². The molecule has 4 N–H and O–H groups in total. The maximum Gasteiger partial charge on any atom is 0.328 e. The van der Waals surface area contributed by atoms with Crippen LogP contribution in [0.5, 0.6) is 0 Å². The van der Waals surface area contributed by atoms with E-state index in [1.165, 1.54) is 0 Å². The summed E-state index contributed by atoms with van der Waals surface area (Å²) < 4.78 is 0. The molecule has 0 radical (unpaired) electrons. The van der Waals surface area contributed by atoms with E-state index >= 15 is 0 Å². The maximum absolute atomic E-state index is 12.6. The molecule has 0 bridgehead atoms. The lowest BCUT2D eigenvalue weighted by molar-refractivity contribution is -0.142. The molecular formula is C21H34N4O5. The van der Waals surface area contributed by atoms with E-state index in [2.05, 4.69) is 16.0 Å². The normalized spacial score (nSPS) is 23.5. The number of amides is 3.